The highest BCUT2D eigenvalue weighted by molar-refractivity contribution is 7.15. The molecule has 3 aromatic rings. The lowest BCUT2D eigenvalue weighted by Crippen LogP contribution is -2.11. The molecular weight excluding hydrogens is 354 g/mol. The minimum absolute atomic E-state index is 0.122. The van der Waals surface area contributed by atoms with E-state index in [1.165, 1.54) is 16.9 Å². The number of hydrogen-bond donors (Lipinski definition) is 1. The summed E-state index contributed by atoms with van der Waals surface area (Å²) in [4.78, 5) is 16.3. The second-order valence-corrected chi connectivity index (χ2v) is 6.78. The molecule has 1 amide bonds. The van der Waals surface area contributed by atoms with E-state index >= 15 is 0 Å². The molecule has 1 N–H and O–H groups in total. The Labute approximate surface area is 154 Å². The molecule has 0 spiro atoms. The molecule has 0 unspecified atom stereocenters. The topological polar surface area (TPSA) is 103 Å². The Morgan fingerprint density at radius 3 is 2.85 bits per heavy atom. The highest BCUT2D eigenvalue weighted by atomic mass is 32.1. The van der Waals surface area contributed by atoms with E-state index in [0.717, 1.165) is 10.6 Å². The summed E-state index contributed by atoms with van der Waals surface area (Å²) >= 11 is 1.30. The zero-order valence-electron chi connectivity index (χ0n) is 14.6. The van der Waals surface area contributed by atoms with Crippen LogP contribution in [0.4, 0.5) is 5.13 Å². The van der Waals surface area contributed by atoms with E-state index in [4.69, 9.17) is 9.26 Å². The number of aromatic nitrogens is 4. The van der Waals surface area contributed by atoms with Crippen molar-refractivity contribution in [3.05, 3.63) is 40.7 Å². The maximum atomic E-state index is 12.0. The predicted octanol–water partition coefficient (Wildman–Crippen LogP) is 3.00. The Morgan fingerprint density at radius 1 is 1.27 bits per heavy atom. The third-order valence-electron chi connectivity index (χ3n) is 3.55. The monoisotopic (exact) mass is 373 g/mol. The molecule has 26 heavy (non-hydrogen) atoms. The van der Waals surface area contributed by atoms with Crippen LogP contribution in [-0.4, -0.2) is 33.4 Å². The smallest absolute Gasteiger partial charge is 0.226 e. The largest absolute Gasteiger partial charge is 0.377 e. The van der Waals surface area contributed by atoms with Gasteiger partial charge in [-0.3, -0.25) is 4.79 Å². The molecule has 0 bridgehead atoms. The molecule has 0 aliphatic rings. The zero-order valence-corrected chi connectivity index (χ0v) is 15.4. The van der Waals surface area contributed by atoms with Crippen molar-refractivity contribution in [2.45, 2.75) is 32.8 Å². The van der Waals surface area contributed by atoms with Gasteiger partial charge in [0.2, 0.25) is 22.8 Å². The van der Waals surface area contributed by atoms with Gasteiger partial charge >= 0.3 is 0 Å². The van der Waals surface area contributed by atoms with Gasteiger partial charge in [0.05, 0.1) is 0 Å². The fourth-order valence-corrected chi connectivity index (χ4v) is 2.97. The van der Waals surface area contributed by atoms with E-state index in [9.17, 15) is 4.79 Å². The molecule has 8 nitrogen and oxygen atoms in total. The summed E-state index contributed by atoms with van der Waals surface area (Å²) in [5.41, 5.74) is 2.08. The highest BCUT2D eigenvalue weighted by Gasteiger charge is 2.11. The van der Waals surface area contributed by atoms with Gasteiger partial charge in [0, 0.05) is 25.5 Å². The number of carbonyl (C=O) groups is 1. The SMILES string of the molecule is COCc1nnc(NC(=O)CCCc2nc(-c3ccc(C)cc3)no2)s1. The Kier molecular flexibility index (Phi) is 6.03. The van der Waals surface area contributed by atoms with Crippen molar-refractivity contribution in [1.82, 2.24) is 20.3 Å². The molecular formula is C17H19N5O3S. The summed E-state index contributed by atoms with van der Waals surface area (Å²) in [6, 6.07) is 7.91. The summed E-state index contributed by atoms with van der Waals surface area (Å²) < 4.78 is 10.2. The lowest BCUT2D eigenvalue weighted by atomic mass is 10.1. The molecule has 3 rings (SSSR count). The summed E-state index contributed by atoms with van der Waals surface area (Å²) in [7, 11) is 1.58. The van der Waals surface area contributed by atoms with Crippen LogP contribution in [0.5, 0.6) is 0 Å². The fourth-order valence-electron chi connectivity index (χ4n) is 2.24. The maximum Gasteiger partial charge on any atom is 0.226 e. The maximum absolute atomic E-state index is 12.0. The molecule has 0 saturated heterocycles. The average Bonchev–Trinajstić information content (AvgIpc) is 3.26. The van der Waals surface area contributed by atoms with E-state index in [1.54, 1.807) is 7.11 Å². The van der Waals surface area contributed by atoms with E-state index < -0.39 is 0 Å². The zero-order chi connectivity index (χ0) is 18.4. The number of benzene rings is 1. The minimum Gasteiger partial charge on any atom is -0.377 e. The molecule has 2 aromatic heterocycles. The fraction of sp³-hybridized carbons (Fsp3) is 0.353. The quantitative estimate of drug-likeness (QED) is 0.647. The normalized spacial score (nSPS) is 10.8. The van der Waals surface area contributed by atoms with Gasteiger partial charge in [-0.2, -0.15) is 4.98 Å². The first-order valence-corrected chi connectivity index (χ1v) is 8.96. The van der Waals surface area contributed by atoms with Crippen LogP contribution in [0, 0.1) is 6.92 Å². The van der Waals surface area contributed by atoms with Crippen molar-refractivity contribution in [3.8, 4) is 11.4 Å². The van der Waals surface area contributed by atoms with Crippen molar-refractivity contribution in [1.29, 1.82) is 0 Å². The number of amides is 1. The first-order valence-electron chi connectivity index (χ1n) is 8.15. The number of carbonyl (C=O) groups excluding carboxylic acids is 1. The van der Waals surface area contributed by atoms with Crippen LogP contribution in [0.15, 0.2) is 28.8 Å². The number of hydrogen-bond acceptors (Lipinski definition) is 8. The van der Waals surface area contributed by atoms with Crippen molar-refractivity contribution in [3.63, 3.8) is 0 Å². The summed E-state index contributed by atoms with van der Waals surface area (Å²) in [5, 5.41) is 15.7. The van der Waals surface area contributed by atoms with E-state index in [2.05, 4.69) is 25.7 Å². The minimum atomic E-state index is -0.122. The van der Waals surface area contributed by atoms with Crippen LogP contribution in [0.3, 0.4) is 0 Å². The van der Waals surface area contributed by atoms with Crippen molar-refractivity contribution < 1.29 is 14.1 Å². The number of ether oxygens (including phenoxy) is 1. The molecule has 0 aliphatic carbocycles. The number of methoxy groups -OCH3 is 1. The number of anilines is 1. The molecule has 2 heterocycles. The van der Waals surface area contributed by atoms with Gasteiger partial charge in [0.1, 0.15) is 11.6 Å². The first kappa shape index (κ1) is 18.2. The number of rotatable bonds is 8. The van der Waals surface area contributed by atoms with Gasteiger partial charge in [-0.15, -0.1) is 10.2 Å². The summed E-state index contributed by atoms with van der Waals surface area (Å²) in [5.74, 6) is 0.957. The predicted molar refractivity (Wildman–Crippen MR) is 96.7 cm³/mol. The Balaban J connectivity index is 1.45. The Hall–Kier alpha value is -2.65. The molecule has 0 atom stereocenters. The molecule has 0 radical (unpaired) electrons. The average molecular weight is 373 g/mol. The molecule has 9 heteroatoms. The summed E-state index contributed by atoms with van der Waals surface area (Å²) in [6.07, 6.45) is 1.48. The third kappa shape index (κ3) is 4.93. The van der Waals surface area contributed by atoms with Crippen LogP contribution in [0.25, 0.3) is 11.4 Å². The standard InChI is InChI=1S/C17H19N5O3S/c1-11-6-8-12(9-7-11)16-19-14(25-22-16)5-3-4-13(23)18-17-21-20-15(26-17)10-24-2/h6-9H,3-5,10H2,1-2H3,(H,18,21,23). The Bertz CT molecular complexity index is 859. The van der Waals surface area contributed by atoms with E-state index in [-0.39, 0.29) is 5.91 Å². The number of nitrogens with one attached hydrogen (secondary N) is 1. The molecule has 0 aliphatic heterocycles. The highest BCUT2D eigenvalue weighted by Crippen LogP contribution is 2.18. The number of nitrogens with zero attached hydrogens (tertiary/aromatic N) is 4. The van der Waals surface area contributed by atoms with Crippen LogP contribution in [0.1, 0.15) is 29.3 Å². The van der Waals surface area contributed by atoms with Gasteiger partial charge in [-0.25, -0.2) is 0 Å². The lowest BCUT2D eigenvalue weighted by molar-refractivity contribution is -0.116. The lowest BCUT2D eigenvalue weighted by Gasteiger charge is -1.99. The number of aryl methyl sites for hydroxylation is 2. The van der Waals surface area contributed by atoms with Gasteiger partial charge in [-0.1, -0.05) is 46.3 Å². The van der Waals surface area contributed by atoms with Crippen molar-refractivity contribution >= 4 is 22.4 Å². The first-order chi connectivity index (χ1) is 12.6. The second-order valence-electron chi connectivity index (χ2n) is 5.71. The van der Waals surface area contributed by atoms with Crippen LogP contribution in [-0.2, 0) is 22.6 Å². The van der Waals surface area contributed by atoms with Gasteiger partial charge in [-0.05, 0) is 13.3 Å². The van der Waals surface area contributed by atoms with Crippen molar-refractivity contribution in [2.75, 3.05) is 12.4 Å². The Morgan fingerprint density at radius 2 is 2.08 bits per heavy atom. The molecule has 0 fully saturated rings. The molecule has 136 valence electrons. The van der Waals surface area contributed by atoms with Crippen LogP contribution < -0.4 is 5.32 Å². The molecule has 0 saturated carbocycles. The van der Waals surface area contributed by atoms with Gasteiger partial charge in [0.25, 0.3) is 0 Å². The van der Waals surface area contributed by atoms with E-state index in [0.29, 0.717) is 42.7 Å². The second kappa shape index (κ2) is 8.63. The van der Waals surface area contributed by atoms with Gasteiger partial charge < -0.3 is 14.6 Å². The van der Waals surface area contributed by atoms with Crippen LogP contribution in [0.2, 0.25) is 0 Å². The summed E-state index contributed by atoms with van der Waals surface area (Å²) in [6.45, 7) is 2.41. The van der Waals surface area contributed by atoms with Gasteiger partial charge in [0.15, 0.2) is 0 Å². The van der Waals surface area contributed by atoms with Crippen molar-refractivity contribution in [2.24, 2.45) is 0 Å². The molecule has 1 aromatic carbocycles. The van der Waals surface area contributed by atoms with Crippen LogP contribution >= 0.6 is 11.3 Å². The van der Waals surface area contributed by atoms with E-state index in [1.807, 2.05) is 31.2 Å². The third-order valence-corrected chi connectivity index (χ3v) is 4.37.